The van der Waals surface area contributed by atoms with E-state index in [-0.39, 0.29) is 12.0 Å². The van der Waals surface area contributed by atoms with Crippen molar-refractivity contribution in [1.82, 2.24) is 9.88 Å². The van der Waals surface area contributed by atoms with Crippen LogP contribution in [0.25, 0.3) is 0 Å². The van der Waals surface area contributed by atoms with Crippen LogP contribution in [0.5, 0.6) is 5.75 Å². The van der Waals surface area contributed by atoms with Crippen molar-refractivity contribution >= 4 is 17.3 Å². The van der Waals surface area contributed by atoms with Gasteiger partial charge in [0.05, 0.1) is 20.3 Å². The van der Waals surface area contributed by atoms with Crippen molar-refractivity contribution in [3.63, 3.8) is 0 Å². The number of aromatic nitrogens is 1. The number of hydrogen-bond acceptors (Lipinski definition) is 6. The van der Waals surface area contributed by atoms with Gasteiger partial charge < -0.3 is 9.47 Å². The molecule has 6 heteroatoms. The molecule has 1 atom stereocenters. The summed E-state index contributed by atoms with van der Waals surface area (Å²) in [7, 11) is 3.09. The Morgan fingerprint density at radius 3 is 2.92 bits per heavy atom. The fourth-order valence-corrected chi connectivity index (χ4v) is 4.27. The topological polar surface area (TPSA) is 51.7 Å². The van der Waals surface area contributed by atoms with Crippen LogP contribution in [-0.4, -0.2) is 36.6 Å². The summed E-state index contributed by atoms with van der Waals surface area (Å²) in [6.07, 6.45) is 2.19. The monoisotopic (exact) mass is 346 g/mol. The van der Waals surface area contributed by atoms with E-state index in [2.05, 4.69) is 16.0 Å². The number of carbonyl (C=O) groups excluding carboxylic acids is 1. The Balaban J connectivity index is 1.82. The highest BCUT2D eigenvalue weighted by Crippen LogP contribution is 2.37. The van der Waals surface area contributed by atoms with E-state index in [9.17, 15) is 4.79 Å². The van der Waals surface area contributed by atoms with Crippen molar-refractivity contribution in [2.45, 2.75) is 32.4 Å². The molecular weight excluding hydrogens is 324 g/mol. The fourth-order valence-electron chi connectivity index (χ4n) is 3.19. The summed E-state index contributed by atoms with van der Waals surface area (Å²) in [6.45, 7) is 3.77. The number of ether oxygens (including phenoxy) is 2. The molecule has 2 aromatic rings. The Bertz CT molecular complexity index is 729. The molecule has 1 fully saturated rings. The van der Waals surface area contributed by atoms with E-state index in [1.54, 1.807) is 18.4 Å². The third-order valence-corrected chi connectivity index (χ3v) is 5.48. The molecule has 1 aliphatic rings. The molecular formula is C18H22N2O3S. The average Bonchev–Trinajstić information content (AvgIpc) is 3.21. The number of para-hydroxylation sites is 1. The molecule has 1 unspecified atom stereocenters. The van der Waals surface area contributed by atoms with Crippen LogP contribution in [-0.2, 0) is 11.3 Å². The lowest BCUT2D eigenvalue weighted by Crippen LogP contribution is -2.23. The quantitative estimate of drug-likeness (QED) is 0.775. The summed E-state index contributed by atoms with van der Waals surface area (Å²) in [5, 5.41) is 1.00. The Morgan fingerprint density at radius 1 is 1.38 bits per heavy atom. The van der Waals surface area contributed by atoms with Gasteiger partial charge in [0.2, 0.25) is 0 Å². The van der Waals surface area contributed by atoms with Crippen LogP contribution < -0.4 is 4.74 Å². The fraction of sp³-hybridized carbons (Fsp3) is 0.444. The van der Waals surface area contributed by atoms with Crippen molar-refractivity contribution in [3.05, 3.63) is 45.4 Å². The maximum Gasteiger partial charge on any atom is 0.357 e. The Hall–Kier alpha value is -1.92. The van der Waals surface area contributed by atoms with Gasteiger partial charge in [0.1, 0.15) is 10.8 Å². The first-order chi connectivity index (χ1) is 11.6. The number of hydrogen-bond donors (Lipinski definition) is 0. The van der Waals surface area contributed by atoms with E-state index in [0.29, 0.717) is 5.69 Å². The van der Waals surface area contributed by atoms with E-state index < -0.39 is 0 Å². The van der Waals surface area contributed by atoms with Crippen LogP contribution in [0.15, 0.2) is 24.3 Å². The van der Waals surface area contributed by atoms with Gasteiger partial charge in [-0.25, -0.2) is 9.78 Å². The first-order valence-corrected chi connectivity index (χ1v) is 8.87. The Morgan fingerprint density at radius 2 is 2.17 bits per heavy atom. The van der Waals surface area contributed by atoms with Crippen molar-refractivity contribution in [3.8, 4) is 5.75 Å². The van der Waals surface area contributed by atoms with Crippen LogP contribution in [0.2, 0.25) is 0 Å². The minimum atomic E-state index is -0.357. The van der Waals surface area contributed by atoms with Gasteiger partial charge in [0.15, 0.2) is 5.69 Å². The summed E-state index contributed by atoms with van der Waals surface area (Å²) < 4.78 is 10.3. The summed E-state index contributed by atoms with van der Waals surface area (Å²) in [5.74, 6) is 0.554. The third kappa shape index (κ3) is 3.30. The second kappa shape index (κ2) is 7.32. The average molecular weight is 346 g/mol. The molecule has 128 valence electrons. The summed E-state index contributed by atoms with van der Waals surface area (Å²) >= 11 is 1.59. The van der Waals surface area contributed by atoms with Crippen LogP contribution in [0, 0.1) is 6.92 Å². The highest BCUT2D eigenvalue weighted by atomic mass is 32.1. The zero-order chi connectivity index (χ0) is 17.1. The molecule has 1 saturated heterocycles. The second-order valence-electron chi connectivity index (χ2n) is 5.89. The number of thiazole rings is 1. The predicted octanol–water partition coefficient (Wildman–Crippen LogP) is 3.58. The minimum Gasteiger partial charge on any atom is -0.496 e. The molecule has 0 radical (unpaired) electrons. The van der Waals surface area contributed by atoms with Gasteiger partial charge in [-0.1, -0.05) is 18.2 Å². The maximum absolute atomic E-state index is 11.8. The normalized spacial score (nSPS) is 17.9. The standard InChI is InChI=1S/C18H22N2O3S/c1-12-16(18(21)23-3)19-17(24-12)14-8-6-10-20(14)11-13-7-4-5-9-15(13)22-2/h4-5,7,9,14H,6,8,10-11H2,1-3H3. The molecule has 2 heterocycles. The SMILES string of the molecule is COC(=O)c1nc(C2CCCN2Cc2ccccc2OC)sc1C. The highest BCUT2D eigenvalue weighted by molar-refractivity contribution is 7.12. The lowest BCUT2D eigenvalue weighted by molar-refractivity contribution is 0.0593. The van der Waals surface area contributed by atoms with Gasteiger partial charge in [-0.2, -0.15) is 0 Å². The number of rotatable bonds is 5. The second-order valence-corrected chi connectivity index (χ2v) is 7.12. The van der Waals surface area contributed by atoms with Gasteiger partial charge in [0.25, 0.3) is 0 Å². The van der Waals surface area contributed by atoms with E-state index in [1.807, 2.05) is 25.1 Å². The van der Waals surface area contributed by atoms with Crippen molar-refractivity contribution in [2.75, 3.05) is 20.8 Å². The van der Waals surface area contributed by atoms with E-state index >= 15 is 0 Å². The number of likely N-dealkylation sites (tertiary alicyclic amines) is 1. The summed E-state index contributed by atoms with van der Waals surface area (Å²) in [4.78, 5) is 19.7. The van der Waals surface area contributed by atoms with E-state index in [1.165, 1.54) is 12.7 Å². The number of carbonyl (C=O) groups is 1. The molecule has 0 amide bonds. The smallest absolute Gasteiger partial charge is 0.357 e. The van der Waals surface area contributed by atoms with Gasteiger partial charge in [0, 0.05) is 17.0 Å². The highest BCUT2D eigenvalue weighted by Gasteiger charge is 2.30. The zero-order valence-electron chi connectivity index (χ0n) is 14.2. The molecule has 0 saturated carbocycles. The first kappa shape index (κ1) is 16.9. The summed E-state index contributed by atoms with van der Waals surface area (Å²) in [6, 6.07) is 8.35. The van der Waals surface area contributed by atoms with Crippen LogP contribution >= 0.6 is 11.3 Å². The zero-order valence-corrected chi connectivity index (χ0v) is 15.1. The van der Waals surface area contributed by atoms with Crippen LogP contribution in [0.1, 0.15) is 44.8 Å². The molecule has 0 spiro atoms. The van der Waals surface area contributed by atoms with Crippen molar-refractivity contribution < 1.29 is 14.3 Å². The van der Waals surface area contributed by atoms with Crippen molar-refractivity contribution in [2.24, 2.45) is 0 Å². The number of benzene rings is 1. The predicted molar refractivity (Wildman–Crippen MR) is 93.6 cm³/mol. The number of aryl methyl sites for hydroxylation is 1. The van der Waals surface area contributed by atoms with E-state index in [4.69, 9.17) is 9.47 Å². The molecule has 3 rings (SSSR count). The van der Waals surface area contributed by atoms with Crippen LogP contribution in [0.4, 0.5) is 0 Å². The van der Waals surface area contributed by atoms with Gasteiger partial charge in [-0.3, -0.25) is 4.90 Å². The molecule has 0 N–H and O–H groups in total. The molecule has 1 aliphatic heterocycles. The van der Waals surface area contributed by atoms with Gasteiger partial charge in [-0.05, 0) is 32.4 Å². The Kier molecular flexibility index (Phi) is 5.16. The van der Waals surface area contributed by atoms with E-state index in [0.717, 1.165) is 41.6 Å². The summed E-state index contributed by atoms with van der Waals surface area (Å²) in [5.41, 5.74) is 1.62. The molecule has 0 bridgehead atoms. The Labute approximate surface area is 146 Å². The van der Waals surface area contributed by atoms with Gasteiger partial charge >= 0.3 is 5.97 Å². The van der Waals surface area contributed by atoms with Crippen molar-refractivity contribution in [1.29, 1.82) is 0 Å². The lowest BCUT2D eigenvalue weighted by atomic mass is 10.1. The maximum atomic E-state index is 11.8. The van der Waals surface area contributed by atoms with Gasteiger partial charge in [-0.15, -0.1) is 11.3 Å². The molecule has 24 heavy (non-hydrogen) atoms. The molecule has 1 aromatic carbocycles. The minimum absolute atomic E-state index is 0.247. The molecule has 1 aromatic heterocycles. The lowest BCUT2D eigenvalue weighted by Gasteiger charge is -2.23. The molecule has 5 nitrogen and oxygen atoms in total. The third-order valence-electron chi connectivity index (χ3n) is 4.41. The number of esters is 1. The largest absolute Gasteiger partial charge is 0.496 e. The first-order valence-electron chi connectivity index (χ1n) is 8.05. The number of nitrogens with zero attached hydrogens (tertiary/aromatic N) is 2. The number of methoxy groups -OCH3 is 2. The van der Waals surface area contributed by atoms with Crippen LogP contribution in [0.3, 0.4) is 0 Å². The molecule has 0 aliphatic carbocycles.